The Morgan fingerprint density at radius 2 is 1.52 bits per heavy atom. The van der Waals surface area contributed by atoms with Gasteiger partial charge in [0.15, 0.2) is 0 Å². The fraction of sp³-hybridized carbons (Fsp3) is 0.455. The molecule has 25 heavy (non-hydrogen) atoms. The number of anilines is 1. The molecular weight excluding hydrogens is 306 g/mol. The molecular formula is C22H33N3. The minimum Gasteiger partial charge on any atom is -0.372 e. The van der Waals surface area contributed by atoms with Crippen molar-refractivity contribution < 1.29 is 0 Å². The lowest BCUT2D eigenvalue weighted by molar-refractivity contribution is 0.319. The van der Waals surface area contributed by atoms with Crippen LogP contribution in [0.4, 0.5) is 5.69 Å². The van der Waals surface area contributed by atoms with Gasteiger partial charge in [0.05, 0.1) is 0 Å². The van der Waals surface area contributed by atoms with E-state index in [4.69, 9.17) is 0 Å². The van der Waals surface area contributed by atoms with E-state index in [1.165, 1.54) is 23.2 Å². The van der Waals surface area contributed by atoms with Crippen LogP contribution in [0.25, 0.3) is 0 Å². The smallest absolute Gasteiger partial charge is 0.0366 e. The molecule has 3 heteroatoms. The Bertz CT molecular complexity index is 576. The Kier molecular flexibility index (Phi) is 8.50. The van der Waals surface area contributed by atoms with Gasteiger partial charge in [-0.2, -0.15) is 0 Å². The third-order valence-corrected chi connectivity index (χ3v) is 4.58. The molecule has 0 spiro atoms. The van der Waals surface area contributed by atoms with Crippen molar-refractivity contribution in [3.8, 4) is 0 Å². The number of benzene rings is 2. The Balaban J connectivity index is 1.62. The lowest BCUT2D eigenvalue weighted by Crippen LogP contribution is -2.24. The van der Waals surface area contributed by atoms with Crippen molar-refractivity contribution in [2.75, 3.05) is 38.1 Å². The first kappa shape index (κ1) is 19.5. The summed E-state index contributed by atoms with van der Waals surface area (Å²) in [4.78, 5) is 4.76. The fourth-order valence-electron chi connectivity index (χ4n) is 3.09. The zero-order valence-corrected chi connectivity index (χ0v) is 16.0. The number of hydrogen-bond acceptors (Lipinski definition) is 3. The standard InChI is InChI=1S/C22H33N3/c1-4-25(5-2)22-14-12-20(13-15-22)18-23-16-9-17-24(3)19-21-10-7-6-8-11-21/h6-8,10-15,23H,4-5,9,16-19H2,1-3H3. The van der Waals surface area contributed by atoms with Crippen LogP contribution in [0.3, 0.4) is 0 Å². The molecule has 2 aromatic rings. The van der Waals surface area contributed by atoms with E-state index in [9.17, 15) is 0 Å². The quantitative estimate of drug-likeness (QED) is 0.621. The maximum atomic E-state index is 3.56. The summed E-state index contributed by atoms with van der Waals surface area (Å²) in [5.41, 5.74) is 4.05. The first-order valence-electron chi connectivity index (χ1n) is 9.50. The Morgan fingerprint density at radius 1 is 0.840 bits per heavy atom. The van der Waals surface area contributed by atoms with E-state index in [1.54, 1.807) is 0 Å². The zero-order valence-electron chi connectivity index (χ0n) is 16.0. The molecule has 0 atom stereocenters. The van der Waals surface area contributed by atoms with Crippen molar-refractivity contribution in [2.24, 2.45) is 0 Å². The van der Waals surface area contributed by atoms with Gasteiger partial charge in [0.2, 0.25) is 0 Å². The minimum absolute atomic E-state index is 0.945. The summed E-state index contributed by atoms with van der Waals surface area (Å²) in [6.45, 7) is 10.7. The molecule has 0 amide bonds. The molecule has 0 unspecified atom stereocenters. The van der Waals surface area contributed by atoms with Gasteiger partial charge in [-0.15, -0.1) is 0 Å². The van der Waals surface area contributed by atoms with Crippen LogP contribution >= 0.6 is 0 Å². The van der Waals surface area contributed by atoms with Crippen LogP contribution < -0.4 is 10.2 Å². The van der Waals surface area contributed by atoms with E-state index in [1.807, 2.05) is 0 Å². The molecule has 0 saturated carbocycles. The van der Waals surface area contributed by atoms with Crippen LogP contribution in [0, 0.1) is 0 Å². The molecule has 0 heterocycles. The topological polar surface area (TPSA) is 18.5 Å². The number of rotatable bonds is 11. The highest BCUT2D eigenvalue weighted by Crippen LogP contribution is 2.14. The van der Waals surface area contributed by atoms with Gasteiger partial charge in [-0.3, -0.25) is 0 Å². The maximum absolute atomic E-state index is 3.56. The van der Waals surface area contributed by atoms with Crippen molar-refractivity contribution in [3.05, 3.63) is 65.7 Å². The second kappa shape index (κ2) is 10.9. The van der Waals surface area contributed by atoms with E-state index in [2.05, 4.69) is 90.6 Å². The van der Waals surface area contributed by atoms with E-state index in [0.717, 1.165) is 39.3 Å². The summed E-state index contributed by atoms with van der Waals surface area (Å²) >= 11 is 0. The first-order valence-corrected chi connectivity index (χ1v) is 9.50. The lowest BCUT2D eigenvalue weighted by atomic mass is 10.2. The summed E-state index contributed by atoms with van der Waals surface area (Å²) in [6, 6.07) is 19.6. The monoisotopic (exact) mass is 339 g/mol. The van der Waals surface area contributed by atoms with E-state index in [0.29, 0.717) is 0 Å². The predicted octanol–water partition coefficient (Wildman–Crippen LogP) is 4.14. The number of nitrogens with zero attached hydrogens (tertiary/aromatic N) is 2. The Labute approximate surface area is 153 Å². The fourth-order valence-corrected chi connectivity index (χ4v) is 3.09. The van der Waals surface area contributed by atoms with Crippen molar-refractivity contribution in [3.63, 3.8) is 0 Å². The summed E-state index contributed by atoms with van der Waals surface area (Å²) < 4.78 is 0. The number of hydrogen-bond donors (Lipinski definition) is 1. The maximum Gasteiger partial charge on any atom is 0.0366 e. The number of nitrogens with one attached hydrogen (secondary N) is 1. The SMILES string of the molecule is CCN(CC)c1ccc(CNCCCN(C)Cc2ccccc2)cc1. The van der Waals surface area contributed by atoms with Crippen LogP contribution in [-0.2, 0) is 13.1 Å². The molecule has 0 aromatic heterocycles. The summed E-state index contributed by atoms with van der Waals surface area (Å²) in [7, 11) is 2.19. The summed E-state index contributed by atoms with van der Waals surface area (Å²) in [5, 5.41) is 3.56. The van der Waals surface area contributed by atoms with Crippen LogP contribution in [0.15, 0.2) is 54.6 Å². The highest BCUT2D eigenvalue weighted by molar-refractivity contribution is 5.47. The minimum atomic E-state index is 0.945. The average Bonchev–Trinajstić information content (AvgIpc) is 2.64. The third-order valence-electron chi connectivity index (χ3n) is 4.58. The van der Waals surface area contributed by atoms with Crippen LogP contribution in [0.1, 0.15) is 31.4 Å². The lowest BCUT2D eigenvalue weighted by Gasteiger charge is -2.21. The van der Waals surface area contributed by atoms with E-state index in [-0.39, 0.29) is 0 Å². The van der Waals surface area contributed by atoms with Gasteiger partial charge in [0, 0.05) is 31.9 Å². The molecule has 2 aromatic carbocycles. The highest BCUT2D eigenvalue weighted by atomic mass is 15.1. The Morgan fingerprint density at radius 3 is 2.16 bits per heavy atom. The van der Waals surface area contributed by atoms with E-state index < -0.39 is 0 Å². The molecule has 0 saturated heterocycles. The third kappa shape index (κ3) is 6.89. The van der Waals surface area contributed by atoms with Crippen LogP contribution in [0.2, 0.25) is 0 Å². The predicted molar refractivity (Wildman–Crippen MR) is 109 cm³/mol. The van der Waals surface area contributed by atoms with Gasteiger partial charge >= 0.3 is 0 Å². The van der Waals surface area contributed by atoms with Gasteiger partial charge in [0.25, 0.3) is 0 Å². The molecule has 2 rings (SSSR count). The van der Waals surface area contributed by atoms with Crippen LogP contribution in [0.5, 0.6) is 0 Å². The largest absolute Gasteiger partial charge is 0.372 e. The summed E-state index contributed by atoms with van der Waals surface area (Å²) in [6.07, 6.45) is 1.17. The highest BCUT2D eigenvalue weighted by Gasteiger charge is 2.02. The molecule has 0 aliphatic rings. The van der Waals surface area contributed by atoms with Crippen LogP contribution in [-0.4, -0.2) is 38.1 Å². The van der Waals surface area contributed by atoms with Crippen molar-refractivity contribution >= 4 is 5.69 Å². The molecule has 0 fully saturated rings. The molecule has 0 radical (unpaired) electrons. The van der Waals surface area contributed by atoms with Crippen molar-refractivity contribution in [2.45, 2.75) is 33.4 Å². The second-order valence-corrected chi connectivity index (χ2v) is 6.59. The normalized spacial score (nSPS) is 11.0. The van der Waals surface area contributed by atoms with Gasteiger partial charge in [0.1, 0.15) is 0 Å². The molecule has 3 nitrogen and oxygen atoms in total. The average molecular weight is 340 g/mol. The van der Waals surface area contributed by atoms with Gasteiger partial charge in [-0.1, -0.05) is 42.5 Å². The van der Waals surface area contributed by atoms with E-state index >= 15 is 0 Å². The van der Waals surface area contributed by atoms with Gasteiger partial charge < -0.3 is 15.1 Å². The molecule has 0 aliphatic carbocycles. The van der Waals surface area contributed by atoms with Crippen molar-refractivity contribution in [1.82, 2.24) is 10.2 Å². The molecule has 0 bridgehead atoms. The first-order chi connectivity index (χ1) is 12.2. The van der Waals surface area contributed by atoms with Crippen molar-refractivity contribution in [1.29, 1.82) is 0 Å². The second-order valence-electron chi connectivity index (χ2n) is 6.59. The molecule has 136 valence electrons. The van der Waals surface area contributed by atoms with Gasteiger partial charge in [-0.05, 0) is 63.7 Å². The zero-order chi connectivity index (χ0) is 17.9. The molecule has 1 N–H and O–H groups in total. The summed E-state index contributed by atoms with van der Waals surface area (Å²) in [5.74, 6) is 0. The molecule has 0 aliphatic heterocycles. The van der Waals surface area contributed by atoms with Gasteiger partial charge in [-0.25, -0.2) is 0 Å². The Hall–Kier alpha value is -1.84.